The Bertz CT molecular complexity index is 1550. The Morgan fingerprint density at radius 3 is 1.59 bits per heavy atom. The maximum absolute atomic E-state index is 10.9. The van der Waals surface area contributed by atoms with Crippen molar-refractivity contribution < 1.29 is 61.5 Å². The molecule has 0 bridgehead atoms. The molecule has 0 unspecified atom stereocenters. The molecule has 0 saturated carbocycles. The normalized spacial score (nSPS) is 10.8. The minimum Gasteiger partial charge on any atom is -0.523 e. The number of benzene rings is 4. The predicted octanol–water partition coefficient (Wildman–Crippen LogP) is 6.14. The van der Waals surface area contributed by atoms with Gasteiger partial charge >= 0.3 is 27.7 Å². The van der Waals surface area contributed by atoms with Gasteiger partial charge in [-0.05, 0) is 37.1 Å². The molecule has 0 spiro atoms. The molecular weight excluding hydrogens is 715 g/mol. The largest absolute Gasteiger partial charge is 2.00 e. The topological polar surface area (TPSA) is 82.0 Å². The first-order valence-corrected chi connectivity index (χ1v) is 14.6. The van der Waals surface area contributed by atoms with Crippen molar-refractivity contribution in [1.29, 1.82) is 0 Å². The molecule has 4 rings (SSSR count). The minimum atomic E-state index is -6.00. The van der Waals surface area contributed by atoms with E-state index in [2.05, 4.69) is 107 Å². The van der Waals surface area contributed by atoms with Gasteiger partial charge < -0.3 is 36.3 Å². The van der Waals surface area contributed by atoms with Crippen LogP contribution in [0.1, 0.15) is 12.5 Å². The number of ether oxygens (including phenoxy) is 2. The van der Waals surface area contributed by atoms with Crippen LogP contribution < -0.4 is 15.9 Å². The molecule has 0 aliphatic rings. The second kappa shape index (κ2) is 20.7. The number of carbonyl (C=O) groups excluding carboxylic acids is 3. The standard InChI is InChI=1S/C25H20NP.C8H9O5.BF4.Pd/c1-4-12-21(13-5-1)20-26-24-18-10-11-19-25(24)27(22-14-6-2-7-15-22)23-16-8-3-9-17-23;1-5(9)6(8(11)13-3)4-7(10)12-2;2-1(3,4)5;/h1-20H;1-3H3;;/q;2*-1;+2. The Labute approximate surface area is 280 Å². The van der Waals surface area contributed by atoms with E-state index in [4.69, 9.17) is 4.99 Å². The number of hydrogen-bond donors (Lipinski definition) is 0. The van der Waals surface area contributed by atoms with E-state index >= 15 is 0 Å². The van der Waals surface area contributed by atoms with Crippen molar-refractivity contribution >= 4 is 60.7 Å². The quantitative estimate of drug-likeness (QED) is 0.0249. The van der Waals surface area contributed by atoms with Crippen LogP contribution in [0.4, 0.5) is 23.0 Å². The average Bonchev–Trinajstić information content (AvgIpc) is 3.03. The zero-order valence-electron chi connectivity index (χ0n) is 24.9. The number of Topliss-reactive ketones (excluding diaryl/α,β-unsaturated/α-hetero) is 1. The van der Waals surface area contributed by atoms with Crippen LogP contribution in [0, 0.1) is 6.08 Å². The summed E-state index contributed by atoms with van der Waals surface area (Å²) in [4.78, 5) is 37.1. The molecule has 0 amide bonds. The molecule has 0 aromatic heterocycles. The van der Waals surface area contributed by atoms with Gasteiger partial charge in [-0.1, -0.05) is 121 Å². The SMILES string of the molecule is C(=Nc1ccccc1P(c1ccccc1)c1ccccc1)c1ccccc1.COC(=O)[C-]=C(C(C)=O)C(=O)OC.F[B-](F)(F)F.[Pd+2]. The first kappa shape index (κ1) is 39.8. The first-order valence-electron chi connectivity index (χ1n) is 13.2. The third-order valence-electron chi connectivity index (χ3n) is 5.46. The summed E-state index contributed by atoms with van der Waals surface area (Å²) in [6, 6.07) is 40.2. The van der Waals surface area contributed by atoms with Crippen molar-refractivity contribution in [2.45, 2.75) is 6.92 Å². The predicted molar refractivity (Wildman–Crippen MR) is 170 cm³/mol. The molecule has 0 N–H and O–H groups in total. The smallest absolute Gasteiger partial charge is 0.523 e. The van der Waals surface area contributed by atoms with Crippen LogP contribution >= 0.6 is 7.92 Å². The molecule has 13 heteroatoms. The van der Waals surface area contributed by atoms with E-state index in [-0.39, 0.29) is 20.4 Å². The van der Waals surface area contributed by atoms with Crippen LogP contribution in [0.5, 0.6) is 0 Å². The van der Waals surface area contributed by atoms with Crippen molar-refractivity contribution in [2.75, 3.05) is 14.2 Å². The summed E-state index contributed by atoms with van der Waals surface area (Å²) in [6.45, 7) is 1.13. The maximum Gasteiger partial charge on any atom is 2.00 e. The summed E-state index contributed by atoms with van der Waals surface area (Å²) in [5.41, 5.74) is 1.69. The molecular formula is C33H29BF4NO5PPd. The summed E-state index contributed by atoms with van der Waals surface area (Å²) in [6.07, 6.45) is 3.89. The van der Waals surface area contributed by atoms with Gasteiger partial charge in [-0.15, -0.1) is 0 Å². The van der Waals surface area contributed by atoms with Gasteiger partial charge in [0.1, 0.15) is 0 Å². The molecule has 242 valence electrons. The van der Waals surface area contributed by atoms with Gasteiger partial charge in [-0.2, -0.15) is 0 Å². The Morgan fingerprint density at radius 2 is 1.15 bits per heavy atom. The van der Waals surface area contributed by atoms with Crippen molar-refractivity contribution in [3.05, 3.63) is 132 Å². The van der Waals surface area contributed by atoms with Gasteiger partial charge in [0.15, 0.2) is 0 Å². The molecule has 0 fully saturated rings. The maximum atomic E-state index is 10.9. The van der Waals surface area contributed by atoms with Gasteiger partial charge in [0.05, 0.1) is 25.7 Å². The number of carbonyl (C=O) groups is 3. The summed E-state index contributed by atoms with van der Waals surface area (Å²) in [5.74, 6) is -2.40. The van der Waals surface area contributed by atoms with Gasteiger partial charge in [-0.3, -0.25) is 9.79 Å². The van der Waals surface area contributed by atoms with Crippen LogP contribution in [0.2, 0.25) is 0 Å². The first-order chi connectivity index (χ1) is 21.4. The second-order valence-corrected chi connectivity index (χ2v) is 10.9. The van der Waals surface area contributed by atoms with Gasteiger partial charge in [0, 0.05) is 11.5 Å². The summed E-state index contributed by atoms with van der Waals surface area (Å²) in [5, 5.41) is 3.94. The number of halogens is 4. The molecule has 0 radical (unpaired) electrons. The number of esters is 2. The van der Waals surface area contributed by atoms with E-state index in [0.29, 0.717) is 0 Å². The van der Waals surface area contributed by atoms with Gasteiger partial charge in [0.25, 0.3) is 5.97 Å². The zero-order valence-corrected chi connectivity index (χ0v) is 27.3. The van der Waals surface area contributed by atoms with E-state index in [1.165, 1.54) is 15.9 Å². The van der Waals surface area contributed by atoms with Crippen LogP contribution in [0.3, 0.4) is 0 Å². The van der Waals surface area contributed by atoms with Crippen molar-refractivity contribution in [2.24, 2.45) is 4.99 Å². The molecule has 0 aliphatic heterocycles. The molecule has 0 atom stereocenters. The zero-order chi connectivity index (χ0) is 33.2. The summed E-state index contributed by atoms with van der Waals surface area (Å²) >= 11 is 0. The monoisotopic (exact) mass is 743 g/mol. The van der Waals surface area contributed by atoms with E-state index in [0.717, 1.165) is 32.4 Å². The van der Waals surface area contributed by atoms with E-state index < -0.39 is 38.5 Å². The van der Waals surface area contributed by atoms with Crippen LogP contribution in [0.15, 0.2) is 126 Å². The molecule has 0 aliphatic carbocycles. The van der Waals surface area contributed by atoms with Gasteiger partial charge in [-0.25, -0.2) is 0 Å². The number of para-hydroxylation sites is 1. The number of aliphatic imine (C=N–C) groups is 1. The van der Waals surface area contributed by atoms with Gasteiger partial charge in [0.2, 0.25) is 5.97 Å². The average molecular weight is 744 g/mol. The third kappa shape index (κ3) is 14.7. The Morgan fingerprint density at radius 1 is 0.717 bits per heavy atom. The second-order valence-electron chi connectivity index (χ2n) is 8.70. The van der Waals surface area contributed by atoms with E-state index in [9.17, 15) is 31.6 Å². The number of hydrogen-bond acceptors (Lipinski definition) is 6. The molecule has 0 saturated heterocycles. The van der Waals surface area contributed by atoms with Crippen LogP contribution in [-0.2, 0) is 44.3 Å². The van der Waals surface area contributed by atoms with Crippen LogP contribution in [0.25, 0.3) is 0 Å². The number of rotatable bonds is 8. The summed E-state index contributed by atoms with van der Waals surface area (Å²) < 4.78 is 47.4. The Hall–Kier alpha value is -4.22. The van der Waals surface area contributed by atoms with E-state index in [1.54, 1.807) is 0 Å². The van der Waals surface area contributed by atoms with Crippen molar-refractivity contribution in [3.8, 4) is 0 Å². The fourth-order valence-corrected chi connectivity index (χ4v) is 5.96. The Balaban J connectivity index is 0.000000469. The van der Waals surface area contributed by atoms with E-state index in [1.807, 2.05) is 30.5 Å². The molecule has 0 heterocycles. The fourth-order valence-electron chi connectivity index (χ4n) is 3.56. The molecule has 4 aromatic carbocycles. The Kier molecular flexibility index (Phi) is 17.9. The third-order valence-corrected chi connectivity index (χ3v) is 7.95. The number of methoxy groups -OCH3 is 2. The molecule has 46 heavy (non-hydrogen) atoms. The van der Waals surface area contributed by atoms with Crippen molar-refractivity contribution in [1.82, 2.24) is 0 Å². The summed E-state index contributed by atoms with van der Waals surface area (Å²) in [7, 11) is -4.44. The number of nitrogens with zero attached hydrogens (tertiary/aromatic N) is 1. The number of ketones is 1. The minimum absolute atomic E-state index is 0. The van der Waals surface area contributed by atoms with Crippen molar-refractivity contribution in [3.63, 3.8) is 0 Å². The fraction of sp³-hybridized carbons (Fsp3) is 0.0909. The molecule has 4 aromatic rings. The van der Waals surface area contributed by atoms with Crippen LogP contribution in [-0.4, -0.2) is 45.4 Å². The molecule has 6 nitrogen and oxygen atoms in total.